The van der Waals surface area contributed by atoms with Gasteiger partial charge in [0.15, 0.2) is 0 Å². The number of aromatic nitrogens is 2. The molecule has 2 atom stereocenters. The van der Waals surface area contributed by atoms with Crippen molar-refractivity contribution in [1.82, 2.24) is 20.4 Å². The summed E-state index contributed by atoms with van der Waals surface area (Å²) < 4.78 is 0. The molecular weight excluding hydrogens is 258 g/mol. The Hall–Kier alpha value is -1.89. The fraction of sp³-hybridized carbons (Fsp3) is 0.615. The Morgan fingerprint density at radius 2 is 2.35 bits per heavy atom. The highest BCUT2D eigenvalue weighted by Crippen LogP contribution is 2.26. The van der Waals surface area contributed by atoms with E-state index in [9.17, 15) is 9.59 Å². The highest BCUT2D eigenvalue weighted by molar-refractivity contribution is 6.00. The van der Waals surface area contributed by atoms with Gasteiger partial charge in [0.25, 0.3) is 0 Å². The Morgan fingerprint density at radius 1 is 1.50 bits per heavy atom. The zero-order valence-corrected chi connectivity index (χ0v) is 11.5. The van der Waals surface area contributed by atoms with Gasteiger partial charge < -0.3 is 15.1 Å². The monoisotopic (exact) mass is 277 g/mol. The van der Waals surface area contributed by atoms with Crippen LogP contribution < -0.4 is 10.2 Å². The highest BCUT2D eigenvalue weighted by Gasteiger charge is 2.38. The number of rotatable bonds is 2. The second-order valence-electron chi connectivity index (χ2n) is 5.45. The maximum atomic E-state index is 12.6. The van der Waals surface area contributed by atoms with Crippen LogP contribution >= 0.6 is 0 Å². The van der Waals surface area contributed by atoms with Gasteiger partial charge in [0.05, 0.1) is 17.8 Å². The molecule has 0 unspecified atom stereocenters. The molecule has 1 aromatic heterocycles. The molecule has 2 saturated heterocycles. The first-order valence-electron chi connectivity index (χ1n) is 6.97. The minimum Gasteiger partial charge on any atom is -0.337 e. The summed E-state index contributed by atoms with van der Waals surface area (Å²) in [6, 6.07) is 0.189. The van der Waals surface area contributed by atoms with E-state index in [0.717, 1.165) is 25.3 Å². The molecule has 2 aliphatic rings. The van der Waals surface area contributed by atoms with E-state index in [1.54, 1.807) is 17.3 Å². The number of anilines is 1. The predicted octanol–water partition coefficient (Wildman–Crippen LogP) is -0.417. The molecule has 3 rings (SSSR count). The zero-order valence-electron chi connectivity index (χ0n) is 11.5. The Kier molecular flexibility index (Phi) is 3.43. The van der Waals surface area contributed by atoms with Crippen LogP contribution in [0.3, 0.4) is 0 Å². The van der Waals surface area contributed by atoms with Crippen LogP contribution in [0.25, 0.3) is 0 Å². The van der Waals surface area contributed by atoms with E-state index >= 15 is 0 Å². The Bertz CT molecular complexity index is 501. The van der Waals surface area contributed by atoms with Gasteiger partial charge in [0.1, 0.15) is 0 Å². The van der Waals surface area contributed by atoms with Gasteiger partial charge in [-0.1, -0.05) is 0 Å². The zero-order chi connectivity index (χ0) is 14.1. The minimum atomic E-state index is -0.238. The third-order valence-electron chi connectivity index (χ3n) is 4.05. The third kappa shape index (κ3) is 2.29. The number of H-pyrrole nitrogens is 1. The van der Waals surface area contributed by atoms with E-state index in [1.165, 1.54) is 0 Å². The average molecular weight is 277 g/mol. The van der Waals surface area contributed by atoms with Gasteiger partial charge >= 0.3 is 0 Å². The molecule has 1 aromatic rings. The molecule has 2 N–H and O–H groups in total. The average Bonchev–Trinajstić information content (AvgIpc) is 3.07. The number of amides is 2. The quantitative estimate of drug-likeness (QED) is 0.769. The second-order valence-corrected chi connectivity index (χ2v) is 5.45. The number of carbonyl (C=O) groups is 2. The lowest BCUT2D eigenvalue weighted by Crippen LogP contribution is -2.54. The van der Waals surface area contributed by atoms with Crippen LogP contribution in [-0.4, -0.2) is 59.1 Å². The van der Waals surface area contributed by atoms with E-state index in [1.807, 2.05) is 11.8 Å². The summed E-state index contributed by atoms with van der Waals surface area (Å²) in [5.74, 6) is -0.149. The highest BCUT2D eigenvalue weighted by atomic mass is 16.2. The van der Waals surface area contributed by atoms with E-state index in [4.69, 9.17) is 0 Å². The molecule has 20 heavy (non-hydrogen) atoms. The summed E-state index contributed by atoms with van der Waals surface area (Å²) in [5.41, 5.74) is 0.735. The van der Waals surface area contributed by atoms with E-state index in [-0.39, 0.29) is 23.8 Å². The molecule has 2 amide bonds. The number of carbonyl (C=O) groups excluding carboxylic acids is 2. The Morgan fingerprint density at radius 3 is 3.05 bits per heavy atom. The van der Waals surface area contributed by atoms with Gasteiger partial charge in [-0.05, 0) is 6.92 Å². The van der Waals surface area contributed by atoms with E-state index in [2.05, 4.69) is 15.5 Å². The molecule has 0 spiro atoms. The lowest BCUT2D eigenvalue weighted by Gasteiger charge is -2.35. The van der Waals surface area contributed by atoms with Crippen molar-refractivity contribution in [2.24, 2.45) is 5.92 Å². The van der Waals surface area contributed by atoms with Crippen molar-refractivity contribution in [1.29, 1.82) is 0 Å². The maximum Gasteiger partial charge on any atom is 0.228 e. The normalized spacial score (nSPS) is 27.1. The largest absolute Gasteiger partial charge is 0.337 e. The molecule has 7 nitrogen and oxygen atoms in total. The van der Waals surface area contributed by atoms with Crippen molar-refractivity contribution in [3.8, 4) is 0 Å². The number of hydrogen-bond acceptors (Lipinski definition) is 4. The van der Waals surface area contributed by atoms with Gasteiger partial charge in [-0.25, -0.2) is 0 Å². The minimum absolute atomic E-state index is 0.00691. The van der Waals surface area contributed by atoms with Crippen LogP contribution in [0, 0.1) is 5.92 Å². The molecule has 3 heterocycles. The molecule has 0 aliphatic carbocycles. The van der Waals surface area contributed by atoms with E-state index < -0.39 is 0 Å². The van der Waals surface area contributed by atoms with Crippen LogP contribution in [0.1, 0.15) is 13.3 Å². The van der Waals surface area contributed by atoms with Gasteiger partial charge in [-0.3, -0.25) is 14.7 Å². The molecule has 108 valence electrons. The molecule has 0 bridgehead atoms. The Balaban J connectivity index is 1.69. The van der Waals surface area contributed by atoms with Crippen LogP contribution in [0.5, 0.6) is 0 Å². The first-order valence-corrected chi connectivity index (χ1v) is 6.97. The lowest BCUT2D eigenvalue weighted by atomic mass is 10.1. The van der Waals surface area contributed by atoms with Crippen LogP contribution in [0.4, 0.5) is 5.69 Å². The molecule has 0 aromatic carbocycles. The summed E-state index contributed by atoms with van der Waals surface area (Å²) in [6.45, 7) is 4.85. The summed E-state index contributed by atoms with van der Waals surface area (Å²) in [5, 5.41) is 9.81. The Labute approximate surface area is 117 Å². The van der Waals surface area contributed by atoms with Crippen molar-refractivity contribution in [3.05, 3.63) is 12.4 Å². The number of nitrogens with zero attached hydrogens (tertiary/aromatic N) is 3. The molecule has 0 saturated carbocycles. The molecule has 0 radical (unpaired) electrons. The molecular formula is C13H19N5O2. The maximum absolute atomic E-state index is 12.6. The first kappa shape index (κ1) is 13.1. The molecule has 7 heteroatoms. The molecule has 2 fully saturated rings. The van der Waals surface area contributed by atoms with E-state index in [0.29, 0.717) is 13.0 Å². The smallest absolute Gasteiger partial charge is 0.228 e. The fourth-order valence-corrected chi connectivity index (χ4v) is 2.92. The molecule has 2 aliphatic heterocycles. The van der Waals surface area contributed by atoms with Crippen LogP contribution in [0.2, 0.25) is 0 Å². The van der Waals surface area contributed by atoms with Crippen molar-refractivity contribution in [2.75, 3.05) is 31.1 Å². The predicted molar refractivity (Wildman–Crippen MR) is 73.1 cm³/mol. The lowest BCUT2D eigenvalue weighted by molar-refractivity contribution is -0.138. The number of hydrogen-bond donors (Lipinski definition) is 2. The topological polar surface area (TPSA) is 81.3 Å². The van der Waals surface area contributed by atoms with Crippen molar-refractivity contribution in [3.63, 3.8) is 0 Å². The number of aromatic amines is 1. The third-order valence-corrected chi connectivity index (χ3v) is 4.05. The fourth-order valence-electron chi connectivity index (χ4n) is 2.92. The van der Waals surface area contributed by atoms with Gasteiger partial charge in [-0.2, -0.15) is 5.10 Å². The van der Waals surface area contributed by atoms with Crippen LogP contribution in [0.15, 0.2) is 12.4 Å². The summed E-state index contributed by atoms with van der Waals surface area (Å²) in [7, 11) is 0. The number of nitrogens with one attached hydrogen (secondary N) is 2. The summed E-state index contributed by atoms with van der Waals surface area (Å²) in [6.07, 6.45) is 3.58. The van der Waals surface area contributed by atoms with Crippen molar-refractivity contribution < 1.29 is 9.59 Å². The first-order chi connectivity index (χ1) is 9.66. The second kappa shape index (κ2) is 5.24. The SMILES string of the molecule is C[C@H]1CNCCN1C(=O)[C@@H]1CC(=O)N(c2cn[nH]c2)C1. The summed E-state index contributed by atoms with van der Waals surface area (Å²) in [4.78, 5) is 28.2. The van der Waals surface area contributed by atoms with Gasteiger partial charge in [0.2, 0.25) is 11.8 Å². The van der Waals surface area contributed by atoms with Crippen LogP contribution in [-0.2, 0) is 9.59 Å². The van der Waals surface area contributed by atoms with Crippen molar-refractivity contribution in [2.45, 2.75) is 19.4 Å². The standard InChI is InChI=1S/C13H19N5O2/c1-9-5-14-2-3-17(9)13(20)10-4-12(19)18(8-10)11-6-15-16-7-11/h6-7,9-10,14H,2-5,8H2,1H3,(H,15,16)/t9-,10+/m0/s1. The van der Waals surface area contributed by atoms with Gasteiger partial charge in [-0.15, -0.1) is 0 Å². The summed E-state index contributed by atoms with van der Waals surface area (Å²) >= 11 is 0. The van der Waals surface area contributed by atoms with Gasteiger partial charge in [0, 0.05) is 44.8 Å². The van der Waals surface area contributed by atoms with Crippen molar-refractivity contribution >= 4 is 17.5 Å². The number of piperazine rings is 1.